The molecule has 0 saturated heterocycles. The highest BCUT2D eigenvalue weighted by atomic mass is 32.1. The molecule has 49 heavy (non-hydrogen) atoms. The average Bonchev–Trinajstić information content (AvgIpc) is 3.57. The maximum atomic E-state index is 13.3. The minimum absolute atomic E-state index is 0.0234. The number of aliphatic hydroxyl groups excluding tert-OH is 1. The summed E-state index contributed by atoms with van der Waals surface area (Å²) in [4.78, 5) is 67.8. The summed E-state index contributed by atoms with van der Waals surface area (Å²) in [5.74, 6) is -0.935. The smallest absolute Gasteiger partial charge is 0.257 e. The molecule has 2 aliphatic heterocycles. The molecule has 0 radical (unpaired) electrons. The Balaban J connectivity index is 1.76. The van der Waals surface area contributed by atoms with Crippen molar-refractivity contribution in [1.82, 2.24) is 26.2 Å². The van der Waals surface area contributed by atoms with Crippen LogP contribution in [0.2, 0.25) is 0 Å². The lowest BCUT2D eigenvalue weighted by molar-refractivity contribution is -0.134. The van der Waals surface area contributed by atoms with Crippen molar-refractivity contribution in [2.24, 2.45) is 5.92 Å². The van der Waals surface area contributed by atoms with E-state index >= 15 is 0 Å². The topological polar surface area (TPSA) is 175 Å². The Kier molecular flexibility index (Phi) is 16.3. The number of methoxy groups -OCH3 is 1. The van der Waals surface area contributed by atoms with Crippen LogP contribution in [0, 0.1) is 5.92 Å². The standard InChI is InChI=1S/C35H51N5O8S/c1-23(2)19-27-34(45)39-33(24(3)41)35(46)37-14-5-6-16-40(32(44)21-26-9-7-18-49-26)17-8-15-36-31(43)22-48-28-12-10-25(20-29(28)47-4)11-13-30(42)38-27/h7,9-10,12,18,20,23-24,27,33,41H,5-6,8,11,13-17,19,21-22H2,1-4H3,(H,36,43)(H,37,46)(H,38,42)(H,39,45)/t24-,27-,33+/m1/s1. The van der Waals surface area contributed by atoms with Gasteiger partial charge in [-0.05, 0) is 74.1 Å². The van der Waals surface area contributed by atoms with Crippen LogP contribution in [0.15, 0.2) is 35.7 Å². The van der Waals surface area contributed by atoms with E-state index in [1.54, 1.807) is 23.1 Å². The first-order valence-corrected chi connectivity index (χ1v) is 17.8. The van der Waals surface area contributed by atoms with Gasteiger partial charge in [0.05, 0.1) is 19.6 Å². The zero-order valence-electron chi connectivity index (χ0n) is 28.9. The minimum atomic E-state index is -1.22. The third-order valence-corrected chi connectivity index (χ3v) is 8.86. The van der Waals surface area contributed by atoms with Gasteiger partial charge in [0, 0.05) is 37.5 Å². The maximum absolute atomic E-state index is 13.3. The highest BCUT2D eigenvalue weighted by Crippen LogP contribution is 2.28. The fourth-order valence-electron chi connectivity index (χ4n) is 5.35. The Bertz CT molecular complexity index is 1380. The fourth-order valence-corrected chi connectivity index (χ4v) is 6.05. The van der Waals surface area contributed by atoms with Gasteiger partial charge in [-0.3, -0.25) is 24.0 Å². The first kappa shape index (κ1) is 39.3. The Morgan fingerprint density at radius 3 is 2.43 bits per heavy atom. The second kappa shape index (κ2) is 20.4. The summed E-state index contributed by atoms with van der Waals surface area (Å²) in [6, 6.07) is 6.88. The number of benzene rings is 1. The average molecular weight is 702 g/mol. The predicted molar refractivity (Wildman–Crippen MR) is 186 cm³/mol. The van der Waals surface area contributed by atoms with Gasteiger partial charge in [0.1, 0.15) is 12.1 Å². The number of carbonyl (C=O) groups excluding carboxylic acids is 5. The number of hydrogen-bond donors (Lipinski definition) is 5. The number of fused-ring (bicyclic) bond motifs is 23. The number of rotatable bonds is 6. The molecule has 3 heterocycles. The number of thiophene rings is 1. The number of aliphatic hydroxyl groups is 1. The third kappa shape index (κ3) is 13.7. The summed E-state index contributed by atoms with van der Waals surface area (Å²) in [7, 11) is 1.49. The summed E-state index contributed by atoms with van der Waals surface area (Å²) in [6.07, 6.45) is 1.57. The van der Waals surface area contributed by atoms with Crippen molar-refractivity contribution in [3.8, 4) is 11.5 Å². The van der Waals surface area contributed by atoms with Crippen molar-refractivity contribution in [2.45, 2.75) is 83.9 Å². The maximum Gasteiger partial charge on any atom is 0.257 e. The van der Waals surface area contributed by atoms with Crippen LogP contribution < -0.4 is 30.7 Å². The Hall–Kier alpha value is -4.17. The lowest BCUT2D eigenvalue weighted by atomic mass is 10.0. The van der Waals surface area contributed by atoms with E-state index in [-0.39, 0.29) is 49.6 Å². The number of carbonyl (C=O) groups is 5. The molecule has 2 aromatic rings. The number of amides is 5. The highest BCUT2D eigenvalue weighted by molar-refractivity contribution is 7.10. The van der Waals surface area contributed by atoms with Gasteiger partial charge in [0.2, 0.25) is 23.6 Å². The summed E-state index contributed by atoms with van der Waals surface area (Å²) in [6.45, 7) is 6.57. The predicted octanol–water partition coefficient (Wildman–Crippen LogP) is 1.95. The van der Waals surface area contributed by atoms with Crippen LogP contribution in [0.4, 0.5) is 0 Å². The van der Waals surface area contributed by atoms with E-state index in [1.165, 1.54) is 25.4 Å². The summed E-state index contributed by atoms with van der Waals surface area (Å²) in [5.41, 5.74) is 0.791. The van der Waals surface area contributed by atoms with E-state index in [9.17, 15) is 29.1 Å². The molecule has 1 aromatic carbocycles. The molecular formula is C35H51N5O8S. The van der Waals surface area contributed by atoms with Gasteiger partial charge in [0.15, 0.2) is 18.1 Å². The molecule has 14 heteroatoms. The van der Waals surface area contributed by atoms with Gasteiger partial charge in [-0.2, -0.15) is 0 Å². The lowest BCUT2D eigenvalue weighted by Gasteiger charge is -2.26. The van der Waals surface area contributed by atoms with Crippen LogP contribution >= 0.6 is 11.3 Å². The molecule has 270 valence electrons. The van der Waals surface area contributed by atoms with Crippen LogP contribution in [0.5, 0.6) is 11.5 Å². The van der Waals surface area contributed by atoms with Gasteiger partial charge in [-0.15, -0.1) is 11.3 Å². The fraction of sp³-hybridized carbons (Fsp3) is 0.571. The van der Waals surface area contributed by atoms with E-state index in [0.717, 1.165) is 10.4 Å². The molecule has 0 spiro atoms. The van der Waals surface area contributed by atoms with Crippen LogP contribution in [-0.4, -0.2) is 97.6 Å². The SMILES string of the molecule is COc1cc2ccc1OCC(=O)NCCCN(C(=O)Cc1cccs1)CCCCNC(=O)[C@H]([C@@H](C)O)NC(=O)[C@@H](CC(C)C)NC(=O)CC2. The minimum Gasteiger partial charge on any atom is -0.493 e. The molecule has 0 unspecified atom stereocenters. The monoisotopic (exact) mass is 701 g/mol. The molecule has 4 rings (SSSR count). The quantitative estimate of drug-likeness (QED) is 0.284. The van der Waals surface area contributed by atoms with Crippen molar-refractivity contribution in [3.05, 3.63) is 46.2 Å². The van der Waals surface area contributed by atoms with Gasteiger partial charge < -0.3 is 40.7 Å². The first-order chi connectivity index (χ1) is 23.5. The molecule has 2 bridgehead atoms. The Morgan fingerprint density at radius 2 is 1.73 bits per heavy atom. The molecule has 1 aromatic heterocycles. The van der Waals surface area contributed by atoms with Crippen LogP contribution in [0.25, 0.3) is 0 Å². The van der Waals surface area contributed by atoms with E-state index in [0.29, 0.717) is 63.2 Å². The van der Waals surface area contributed by atoms with Gasteiger partial charge in [-0.25, -0.2) is 0 Å². The first-order valence-electron chi connectivity index (χ1n) is 16.9. The van der Waals surface area contributed by atoms with Crippen LogP contribution in [-0.2, 0) is 36.8 Å². The molecule has 13 nitrogen and oxygen atoms in total. The largest absolute Gasteiger partial charge is 0.493 e. The number of ether oxygens (including phenoxy) is 2. The molecule has 5 amide bonds. The van der Waals surface area contributed by atoms with E-state index in [2.05, 4.69) is 21.3 Å². The second-order valence-electron chi connectivity index (χ2n) is 12.6. The van der Waals surface area contributed by atoms with Crippen molar-refractivity contribution >= 4 is 40.9 Å². The zero-order chi connectivity index (χ0) is 35.8. The van der Waals surface area contributed by atoms with Gasteiger partial charge in [-0.1, -0.05) is 26.0 Å². The summed E-state index contributed by atoms with van der Waals surface area (Å²) >= 11 is 1.52. The molecule has 0 saturated carbocycles. The van der Waals surface area contributed by atoms with Gasteiger partial charge in [0.25, 0.3) is 5.91 Å². The number of hydrogen-bond acceptors (Lipinski definition) is 9. The molecule has 3 atom stereocenters. The zero-order valence-corrected chi connectivity index (χ0v) is 29.7. The molecule has 5 N–H and O–H groups in total. The highest BCUT2D eigenvalue weighted by Gasteiger charge is 2.30. The summed E-state index contributed by atoms with van der Waals surface area (Å²) in [5, 5.41) is 23.3. The van der Waals surface area contributed by atoms with Crippen LogP contribution in [0.1, 0.15) is 63.3 Å². The Labute approximate surface area is 292 Å². The van der Waals surface area contributed by atoms with E-state index < -0.39 is 30.0 Å². The van der Waals surface area contributed by atoms with E-state index in [4.69, 9.17) is 9.47 Å². The normalized spacial score (nSPS) is 20.4. The van der Waals surface area contributed by atoms with Crippen LogP contribution in [0.3, 0.4) is 0 Å². The lowest BCUT2D eigenvalue weighted by Crippen LogP contribution is -2.57. The number of aryl methyl sites for hydroxylation is 1. The number of nitrogens with one attached hydrogen (secondary N) is 4. The third-order valence-electron chi connectivity index (χ3n) is 7.99. The van der Waals surface area contributed by atoms with Crippen molar-refractivity contribution < 1.29 is 38.6 Å². The van der Waals surface area contributed by atoms with Crippen molar-refractivity contribution in [3.63, 3.8) is 0 Å². The van der Waals surface area contributed by atoms with Gasteiger partial charge >= 0.3 is 0 Å². The summed E-state index contributed by atoms with van der Waals surface area (Å²) < 4.78 is 11.2. The molecule has 2 aliphatic rings. The molecule has 0 aliphatic carbocycles. The molecular weight excluding hydrogens is 650 g/mol. The van der Waals surface area contributed by atoms with Crippen molar-refractivity contribution in [1.29, 1.82) is 0 Å². The second-order valence-corrected chi connectivity index (χ2v) is 13.6. The molecule has 0 fully saturated rings. The van der Waals surface area contributed by atoms with Crippen molar-refractivity contribution in [2.75, 3.05) is 39.9 Å². The Morgan fingerprint density at radius 1 is 0.980 bits per heavy atom. The number of nitrogens with zero attached hydrogens (tertiary/aromatic N) is 1. The van der Waals surface area contributed by atoms with E-state index in [1.807, 2.05) is 31.4 Å².